The van der Waals surface area contributed by atoms with Gasteiger partial charge in [-0.15, -0.1) is 0 Å². The fourth-order valence-corrected chi connectivity index (χ4v) is 5.73. The lowest BCUT2D eigenvalue weighted by atomic mass is 9.92. The number of nitrogens with zero attached hydrogens (tertiary/aromatic N) is 4. The molecule has 1 aromatic carbocycles. The molecule has 0 spiro atoms. The number of aromatic nitrogens is 3. The van der Waals surface area contributed by atoms with Gasteiger partial charge in [-0.1, -0.05) is 0 Å². The number of rotatable bonds is 5. The quantitative estimate of drug-likeness (QED) is 0.527. The second-order valence-electron chi connectivity index (χ2n) is 10.7. The van der Waals surface area contributed by atoms with Crippen LogP contribution in [0, 0.1) is 19.8 Å². The summed E-state index contributed by atoms with van der Waals surface area (Å²) in [6.07, 6.45) is 10.1. The topological polar surface area (TPSA) is 72.3 Å². The van der Waals surface area contributed by atoms with Gasteiger partial charge in [0.15, 0.2) is 0 Å². The van der Waals surface area contributed by atoms with Crippen molar-refractivity contribution in [3.8, 4) is 22.6 Å². The summed E-state index contributed by atoms with van der Waals surface area (Å²) in [4.78, 5) is 19.8. The Balaban J connectivity index is 1.45. The van der Waals surface area contributed by atoms with Crippen LogP contribution in [-0.4, -0.2) is 39.8 Å². The highest BCUT2D eigenvalue weighted by molar-refractivity contribution is 5.99. The number of aryl methyl sites for hydroxylation is 2. The summed E-state index contributed by atoms with van der Waals surface area (Å²) < 4.78 is 8.81. The van der Waals surface area contributed by atoms with Gasteiger partial charge in [0.2, 0.25) is 5.91 Å². The first-order chi connectivity index (χ1) is 17.5. The molecule has 2 aromatic heterocycles. The maximum atomic E-state index is 13.3. The Hall–Kier alpha value is -3.19. The van der Waals surface area contributed by atoms with Crippen LogP contribution in [-0.2, 0) is 11.2 Å². The average Bonchev–Trinajstić information content (AvgIpc) is 3.60. The van der Waals surface area contributed by atoms with Gasteiger partial charge >= 0.3 is 0 Å². The molecule has 2 fully saturated rings. The minimum Gasteiger partial charge on any atom is -0.456 e. The van der Waals surface area contributed by atoms with E-state index >= 15 is 0 Å². The molecule has 2 aliphatic heterocycles. The largest absolute Gasteiger partial charge is 0.456 e. The van der Waals surface area contributed by atoms with Gasteiger partial charge in [-0.3, -0.25) is 14.5 Å². The Bertz CT molecular complexity index is 1270. The molecule has 0 bridgehead atoms. The molecule has 1 aliphatic carbocycles. The number of pyridine rings is 1. The van der Waals surface area contributed by atoms with Crippen LogP contribution in [0.25, 0.3) is 11.1 Å². The third-order valence-electron chi connectivity index (χ3n) is 7.78. The molecule has 188 valence electrons. The lowest BCUT2D eigenvalue weighted by molar-refractivity contribution is -0.120. The third-order valence-corrected chi connectivity index (χ3v) is 7.78. The molecule has 1 saturated heterocycles. The highest BCUT2D eigenvalue weighted by Crippen LogP contribution is 2.46. The molecule has 7 nitrogen and oxygen atoms in total. The SMILES string of the molecule is Cc1cc(Oc2c(-c3cnn(C4CCNCC4)c3)ccc3c2CCC(C)N3C(=O)C2CC2)cc(C)n1. The number of fused-ring (bicyclic) bond motifs is 1. The lowest BCUT2D eigenvalue weighted by Gasteiger charge is -2.36. The Kier molecular flexibility index (Phi) is 6.04. The predicted molar refractivity (Wildman–Crippen MR) is 141 cm³/mol. The van der Waals surface area contributed by atoms with Gasteiger partial charge in [-0.05, 0) is 84.5 Å². The molecular weight excluding hydrogens is 450 g/mol. The van der Waals surface area contributed by atoms with Crippen molar-refractivity contribution in [3.05, 3.63) is 53.6 Å². The van der Waals surface area contributed by atoms with Crippen molar-refractivity contribution in [1.29, 1.82) is 0 Å². The normalized spacial score (nSPS) is 20.3. The first kappa shape index (κ1) is 23.2. The van der Waals surface area contributed by atoms with E-state index in [1.807, 2.05) is 37.1 Å². The molecule has 1 amide bonds. The number of carbonyl (C=O) groups excluding carboxylic acids is 1. The molecule has 4 heterocycles. The molecule has 0 radical (unpaired) electrons. The molecule has 1 saturated carbocycles. The summed E-state index contributed by atoms with van der Waals surface area (Å²) >= 11 is 0. The highest BCUT2D eigenvalue weighted by atomic mass is 16.5. The zero-order valence-corrected chi connectivity index (χ0v) is 21.5. The Morgan fingerprint density at radius 3 is 2.53 bits per heavy atom. The first-order valence-corrected chi connectivity index (χ1v) is 13.4. The van der Waals surface area contributed by atoms with Crippen molar-refractivity contribution in [2.45, 2.75) is 71.4 Å². The second-order valence-corrected chi connectivity index (χ2v) is 10.7. The number of amides is 1. The van der Waals surface area contributed by atoms with Gasteiger partial charge in [0, 0.05) is 58.4 Å². The molecule has 3 aromatic rings. The van der Waals surface area contributed by atoms with E-state index in [2.05, 4.69) is 40.2 Å². The van der Waals surface area contributed by atoms with Crippen LogP contribution < -0.4 is 15.0 Å². The summed E-state index contributed by atoms with van der Waals surface area (Å²) in [6.45, 7) is 8.19. The summed E-state index contributed by atoms with van der Waals surface area (Å²) in [5, 5.41) is 8.18. The van der Waals surface area contributed by atoms with Crippen LogP contribution in [0.15, 0.2) is 36.7 Å². The zero-order valence-electron chi connectivity index (χ0n) is 21.5. The minimum atomic E-state index is 0.177. The van der Waals surface area contributed by atoms with Crippen molar-refractivity contribution in [3.63, 3.8) is 0 Å². The van der Waals surface area contributed by atoms with Crippen LogP contribution in [0.1, 0.15) is 62.0 Å². The van der Waals surface area contributed by atoms with Crippen molar-refractivity contribution in [2.24, 2.45) is 5.92 Å². The highest BCUT2D eigenvalue weighted by Gasteiger charge is 2.39. The first-order valence-electron chi connectivity index (χ1n) is 13.4. The number of benzene rings is 1. The van der Waals surface area contributed by atoms with E-state index in [0.29, 0.717) is 6.04 Å². The van der Waals surface area contributed by atoms with Gasteiger partial charge in [-0.25, -0.2) is 0 Å². The third kappa shape index (κ3) is 4.41. The van der Waals surface area contributed by atoms with E-state index in [1.165, 1.54) is 0 Å². The Morgan fingerprint density at radius 2 is 1.81 bits per heavy atom. The molecule has 1 atom stereocenters. The zero-order chi connectivity index (χ0) is 24.8. The van der Waals surface area contributed by atoms with Crippen LogP contribution >= 0.6 is 0 Å². The van der Waals surface area contributed by atoms with E-state index in [0.717, 1.165) is 96.9 Å². The van der Waals surface area contributed by atoms with E-state index in [-0.39, 0.29) is 17.9 Å². The number of carbonyl (C=O) groups is 1. The van der Waals surface area contributed by atoms with E-state index in [4.69, 9.17) is 9.84 Å². The maximum absolute atomic E-state index is 13.3. The number of anilines is 1. The van der Waals surface area contributed by atoms with Crippen molar-refractivity contribution < 1.29 is 9.53 Å². The number of hydrogen-bond donors (Lipinski definition) is 1. The van der Waals surface area contributed by atoms with Gasteiger partial charge in [0.25, 0.3) is 0 Å². The Morgan fingerprint density at radius 1 is 1.06 bits per heavy atom. The van der Waals surface area contributed by atoms with E-state index < -0.39 is 0 Å². The number of hydrogen-bond acceptors (Lipinski definition) is 5. The monoisotopic (exact) mass is 485 g/mol. The molecule has 1 N–H and O–H groups in total. The van der Waals surface area contributed by atoms with Crippen molar-refractivity contribution in [1.82, 2.24) is 20.1 Å². The standard InChI is InChI=1S/C29H35N5O2/c1-18-14-24(15-19(2)32-18)36-28-25(22-16-31-33(17-22)23-10-12-30-13-11-23)8-9-27-26(28)7-4-20(3)34(27)29(35)21-5-6-21/h8-9,14-17,20-21,23,30H,4-7,10-13H2,1-3H3. The molecule has 6 rings (SSSR count). The molecule has 7 heteroatoms. The van der Waals surface area contributed by atoms with Crippen LogP contribution in [0.2, 0.25) is 0 Å². The van der Waals surface area contributed by atoms with E-state index in [9.17, 15) is 4.79 Å². The molecular formula is C29H35N5O2. The molecule has 1 unspecified atom stereocenters. The number of ether oxygens (including phenoxy) is 1. The predicted octanol–water partition coefficient (Wildman–Crippen LogP) is 5.36. The smallest absolute Gasteiger partial charge is 0.230 e. The summed E-state index contributed by atoms with van der Waals surface area (Å²) in [7, 11) is 0. The van der Waals surface area contributed by atoms with Gasteiger partial charge in [0.1, 0.15) is 11.5 Å². The molecule has 3 aliphatic rings. The van der Waals surface area contributed by atoms with Crippen LogP contribution in [0.4, 0.5) is 5.69 Å². The van der Waals surface area contributed by atoms with Crippen LogP contribution in [0.3, 0.4) is 0 Å². The lowest BCUT2D eigenvalue weighted by Crippen LogP contribution is -2.43. The average molecular weight is 486 g/mol. The van der Waals surface area contributed by atoms with Gasteiger partial charge in [0.05, 0.1) is 17.9 Å². The summed E-state index contributed by atoms with van der Waals surface area (Å²) in [6, 6.07) is 8.81. The van der Waals surface area contributed by atoms with Crippen molar-refractivity contribution >= 4 is 11.6 Å². The van der Waals surface area contributed by atoms with Crippen LogP contribution in [0.5, 0.6) is 11.5 Å². The van der Waals surface area contributed by atoms with Crippen molar-refractivity contribution in [2.75, 3.05) is 18.0 Å². The number of nitrogens with one attached hydrogen (secondary N) is 1. The second kappa shape index (κ2) is 9.36. The summed E-state index contributed by atoms with van der Waals surface area (Å²) in [5.74, 6) is 2.05. The maximum Gasteiger partial charge on any atom is 0.230 e. The van der Waals surface area contributed by atoms with Gasteiger partial charge in [-0.2, -0.15) is 5.10 Å². The molecule has 36 heavy (non-hydrogen) atoms. The van der Waals surface area contributed by atoms with E-state index in [1.54, 1.807) is 0 Å². The minimum absolute atomic E-state index is 0.177. The Labute approximate surface area is 212 Å². The fourth-order valence-electron chi connectivity index (χ4n) is 5.73. The number of piperidine rings is 1. The summed E-state index contributed by atoms with van der Waals surface area (Å²) in [5.41, 5.74) is 6.03. The fraction of sp³-hybridized carbons (Fsp3) is 0.483. The van der Waals surface area contributed by atoms with Gasteiger partial charge < -0.3 is 15.0 Å².